The van der Waals surface area contributed by atoms with E-state index in [0.29, 0.717) is 42.5 Å². The van der Waals surface area contributed by atoms with Gasteiger partial charge in [0.1, 0.15) is 11.8 Å². The van der Waals surface area contributed by atoms with Crippen LogP contribution >= 0.6 is 11.6 Å². The molecule has 4 rings (SSSR count). The van der Waals surface area contributed by atoms with E-state index < -0.39 is 18.0 Å². The highest BCUT2D eigenvalue weighted by Gasteiger charge is 2.33. The van der Waals surface area contributed by atoms with Gasteiger partial charge in [-0.3, -0.25) is 14.5 Å². The Balaban J connectivity index is 1.64. The standard InChI is InChI=1S/C24H26ClN3O5/c1-33-18-5-6-21-19(14-18)20(15-28(21)8-7-22(29)30)23(24(31)32)27-11-9-26(10-12-27)17-4-2-3-16(25)13-17/h2-6,13-15,23H,7-12H2,1H3,(H,29,30)(H,31,32). The summed E-state index contributed by atoms with van der Waals surface area (Å²) in [6, 6.07) is 12.2. The van der Waals surface area contributed by atoms with E-state index in [1.54, 1.807) is 19.4 Å². The SMILES string of the molecule is COc1ccc2c(c1)c(C(C(=O)O)N1CCN(c3cccc(Cl)c3)CC1)cn2CCC(=O)O. The summed E-state index contributed by atoms with van der Waals surface area (Å²) >= 11 is 6.13. The number of hydrogen-bond donors (Lipinski definition) is 2. The molecule has 0 saturated carbocycles. The Morgan fingerprint density at radius 2 is 1.85 bits per heavy atom. The number of carbonyl (C=O) groups is 2. The topological polar surface area (TPSA) is 95.2 Å². The lowest BCUT2D eigenvalue weighted by atomic mass is 10.0. The molecule has 9 heteroatoms. The first-order valence-corrected chi connectivity index (χ1v) is 11.1. The zero-order valence-corrected chi connectivity index (χ0v) is 19.0. The lowest BCUT2D eigenvalue weighted by Crippen LogP contribution is -2.49. The zero-order valence-electron chi connectivity index (χ0n) is 18.3. The van der Waals surface area contributed by atoms with Gasteiger partial charge in [-0.2, -0.15) is 0 Å². The van der Waals surface area contributed by atoms with E-state index in [9.17, 15) is 14.7 Å². The van der Waals surface area contributed by atoms with Crippen LogP contribution in [0.2, 0.25) is 5.02 Å². The normalized spacial score (nSPS) is 15.5. The molecule has 1 saturated heterocycles. The molecule has 2 aromatic carbocycles. The van der Waals surface area contributed by atoms with Crippen molar-refractivity contribution in [2.75, 3.05) is 38.2 Å². The molecule has 0 bridgehead atoms. The predicted molar refractivity (Wildman–Crippen MR) is 126 cm³/mol. The fraction of sp³-hybridized carbons (Fsp3) is 0.333. The van der Waals surface area contributed by atoms with Gasteiger partial charge in [0, 0.05) is 66.1 Å². The highest BCUT2D eigenvalue weighted by molar-refractivity contribution is 6.30. The van der Waals surface area contributed by atoms with Crippen molar-refractivity contribution >= 4 is 40.1 Å². The summed E-state index contributed by atoms with van der Waals surface area (Å²) in [6.07, 6.45) is 1.72. The van der Waals surface area contributed by atoms with Gasteiger partial charge in [0.05, 0.1) is 13.5 Å². The van der Waals surface area contributed by atoms with Crippen molar-refractivity contribution in [2.45, 2.75) is 19.0 Å². The van der Waals surface area contributed by atoms with Gasteiger partial charge >= 0.3 is 11.9 Å². The van der Waals surface area contributed by atoms with Gasteiger partial charge in [-0.05, 0) is 36.4 Å². The zero-order chi connectivity index (χ0) is 23.5. The summed E-state index contributed by atoms with van der Waals surface area (Å²) in [4.78, 5) is 27.7. The average Bonchev–Trinajstić information content (AvgIpc) is 3.15. The molecule has 0 radical (unpaired) electrons. The molecule has 2 heterocycles. The molecular weight excluding hydrogens is 446 g/mol. The number of aromatic nitrogens is 1. The average molecular weight is 472 g/mol. The summed E-state index contributed by atoms with van der Waals surface area (Å²) in [6.45, 7) is 2.73. The first-order valence-electron chi connectivity index (χ1n) is 10.7. The van der Waals surface area contributed by atoms with Crippen molar-refractivity contribution in [3.63, 3.8) is 0 Å². The minimum atomic E-state index is -0.939. The number of halogens is 1. The molecule has 1 aromatic heterocycles. The fourth-order valence-electron chi connectivity index (χ4n) is 4.45. The number of aliphatic carboxylic acids is 2. The Bertz CT molecular complexity index is 1170. The van der Waals surface area contributed by atoms with Crippen molar-refractivity contribution in [1.82, 2.24) is 9.47 Å². The number of carboxylic acids is 2. The third kappa shape index (κ3) is 4.91. The molecule has 1 aliphatic rings. The second-order valence-electron chi connectivity index (χ2n) is 8.05. The molecule has 0 aliphatic carbocycles. The molecule has 1 aliphatic heterocycles. The van der Waals surface area contributed by atoms with Crippen molar-refractivity contribution in [3.05, 3.63) is 59.2 Å². The minimum absolute atomic E-state index is 0.0503. The van der Waals surface area contributed by atoms with E-state index in [2.05, 4.69) is 4.90 Å². The van der Waals surface area contributed by atoms with Gasteiger partial charge in [0.25, 0.3) is 0 Å². The summed E-state index contributed by atoms with van der Waals surface area (Å²) < 4.78 is 7.18. The van der Waals surface area contributed by atoms with Crippen LogP contribution in [0.5, 0.6) is 5.75 Å². The minimum Gasteiger partial charge on any atom is -0.497 e. The monoisotopic (exact) mass is 471 g/mol. The highest BCUT2D eigenvalue weighted by atomic mass is 35.5. The summed E-state index contributed by atoms with van der Waals surface area (Å²) in [5, 5.41) is 20.8. The maximum Gasteiger partial charge on any atom is 0.325 e. The number of ether oxygens (including phenoxy) is 1. The number of hydrogen-bond acceptors (Lipinski definition) is 5. The predicted octanol–water partition coefficient (Wildman–Crippen LogP) is 3.73. The third-order valence-electron chi connectivity index (χ3n) is 6.07. The molecule has 1 atom stereocenters. The van der Waals surface area contributed by atoms with Crippen molar-refractivity contribution in [2.24, 2.45) is 0 Å². The molecule has 1 fully saturated rings. The molecule has 0 amide bonds. The van der Waals surface area contributed by atoms with E-state index in [4.69, 9.17) is 21.4 Å². The number of anilines is 1. The lowest BCUT2D eigenvalue weighted by molar-refractivity contribution is -0.143. The van der Waals surface area contributed by atoms with E-state index in [1.807, 2.05) is 45.9 Å². The smallest absolute Gasteiger partial charge is 0.325 e. The van der Waals surface area contributed by atoms with E-state index in [1.165, 1.54) is 0 Å². The van der Waals surface area contributed by atoms with Crippen LogP contribution in [0.15, 0.2) is 48.7 Å². The first kappa shape index (κ1) is 22.9. The molecule has 3 aromatic rings. The van der Waals surface area contributed by atoms with Gasteiger partial charge < -0.3 is 24.4 Å². The molecular formula is C24H26ClN3O5. The second kappa shape index (κ2) is 9.72. The maximum absolute atomic E-state index is 12.5. The van der Waals surface area contributed by atoms with Gasteiger partial charge in [-0.15, -0.1) is 0 Å². The Morgan fingerprint density at radius 1 is 1.09 bits per heavy atom. The number of benzene rings is 2. The number of piperazine rings is 1. The number of aryl methyl sites for hydroxylation is 1. The van der Waals surface area contributed by atoms with Crippen LogP contribution in [-0.4, -0.2) is 64.9 Å². The maximum atomic E-state index is 12.5. The van der Waals surface area contributed by atoms with Crippen LogP contribution in [0.25, 0.3) is 10.9 Å². The molecule has 2 N–H and O–H groups in total. The third-order valence-corrected chi connectivity index (χ3v) is 6.30. The summed E-state index contributed by atoms with van der Waals surface area (Å²) in [5.74, 6) is -1.22. The van der Waals surface area contributed by atoms with Gasteiger partial charge in [-0.1, -0.05) is 17.7 Å². The number of nitrogens with zero attached hydrogens (tertiary/aromatic N) is 3. The number of carboxylic acid groups (broad SMARTS) is 2. The summed E-state index contributed by atoms with van der Waals surface area (Å²) in [5.41, 5.74) is 2.44. The van der Waals surface area contributed by atoms with Crippen LogP contribution in [0, 0.1) is 0 Å². The Labute approximate surface area is 196 Å². The Kier molecular flexibility index (Phi) is 6.76. The van der Waals surface area contributed by atoms with E-state index in [-0.39, 0.29) is 13.0 Å². The van der Waals surface area contributed by atoms with Crippen LogP contribution in [0.4, 0.5) is 5.69 Å². The number of methoxy groups -OCH3 is 1. The van der Waals surface area contributed by atoms with Crippen LogP contribution in [0.1, 0.15) is 18.0 Å². The van der Waals surface area contributed by atoms with Gasteiger partial charge in [0.2, 0.25) is 0 Å². The molecule has 1 unspecified atom stereocenters. The number of rotatable bonds is 8. The van der Waals surface area contributed by atoms with Gasteiger partial charge in [-0.25, -0.2) is 0 Å². The molecule has 8 nitrogen and oxygen atoms in total. The van der Waals surface area contributed by atoms with Crippen molar-refractivity contribution in [1.29, 1.82) is 0 Å². The van der Waals surface area contributed by atoms with Gasteiger partial charge in [0.15, 0.2) is 0 Å². The quantitative estimate of drug-likeness (QED) is 0.517. The first-order chi connectivity index (χ1) is 15.9. The highest BCUT2D eigenvalue weighted by Crippen LogP contribution is 2.34. The van der Waals surface area contributed by atoms with Crippen molar-refractivity contribution in [3.8, 4) is 5.75 Å². The molecule has 0 spiro atoms. The van der Waals surface area contributed by atoms with Crippen LogP contribution in [0.3, 0.4) is 0 Å². The van der Waals surface area contributed by atoms with Crippen molar-refractivity contribution < 1.29 is 24.5 Å². The van der Waals surface area contributed by atoms with Crippen LogP contribution in [-0.2, 0) is 16.1 Å². The Hall–Kier alpha value is -3.23. The number of fused-ring (bicyclic) bond motifs is 1. The second-order valence-corrected chi connectivity index (χ2v) is 8.48. The van der Waals surface area contributed by atoms with E-state index in [0.717, 1.165) is 16.6 Å². The summed E-state index contributed by atoms with van der Waals surface area (Å²) in [7, 11) is 1.56. The molecule has 33 heavy (non-hydrogen) atoms. The molecule has 174 valence electrons. The Morgan fingerprint density at radius 3 is 2.48 bits per heavy atom. The van der Waals surface area contributed by atoms with Crippen LogP contribution < -0.4 is 9.64 Å². The largest absolute Gasteiger partial charge is 0.497 e. The van der Waals surface area contributed by atoms with E-state index >= 15 is 0 Å². The lowest BCUT2D eigenvalue weighted by Gasteiger charge is -2.38. The fourth-order valence-corrected chi connectivity index (χ4v) is 4.63.